The second-order valence-corrected chi connectivity index (χ2v) is 5.95. The Morgan fingerprint density at radius 1 is 1.21 bits per heavy atom. The third-order valence-corrected chi connectivity index (χ3v) is 3.85. The molecular formula is C19H34N4O. The summed E-state index contributed by atoms with van der Waals surface area (Å²) in [4.78, 5) is 7.04. The summed E-state index contributed by atoms with van der Waals surface area (Å²) in [5, 5.41) is 6.66. The summed E-state index contributed by atoms with van der Waals surface area (Å²) < 4.78 is 5.35. The van der Waals surface area contributed by atoms with Crippen LogP contribution in [-0.4, -0.2) is 56.8 Å². The number of hydrogen-bond donors (Lipinski definition) is 2. The van der Waals surface area contributed by atoms with Gasteiger partial charge in [-0.1, -0.05) is 30.3 Å². The van der Waals surface area contributed by atoms with Crippen LogP contribution in [0, 0.1) is 0 Å². The molecule has 2 N–H and O–H groups in total. The molecule has 0 radical (unpaired) electrons. The van der Waals surface area contributed by atoms with Gasteiger partial charge in [0.2, 0.25) is 0 Å². The van der Waals surface area contributed by atoms with Crippen LogP contribution in [0.4, 0.5) is 0 Å². The van der Waals surface area contributed by atoms with E-state index in [1.165, 1.54) is 5.56 Å². The monoisotopic (exact) mass is 334 g/mol. The van der Waals surface area contributed by atoms with Gasteiger partial charge >= 0.3 is 0 Å². The largest absolute Gasteiger partial charge is 0.382 e. The Morgan fingerprint density at radius 2 is 1.96 bits per heavy atom. The summed E-state index contributed by atoms with van der Waals surface area (Å²) >= 11 is 0. The van der Waals surface area contributed by atoms with Gasteiger partial charge in [0.25, 0.3) is 0 Å². The van der Waals surface area contributed by atoms with E-state index < -0.39 is 0 Å². The molecule has 0 amide bonds. The fraction of sp³-hybridized carbons (Fsp3) is 0.632. The Labute approximate surface area is 147 Å². The van der Waals surface area contributed by atoms with Crippen LogP contribution in [0.1, 0.15) is 32.8 Å². The Morgan fingerprint density at radius 3 is 2.62 bits per heavy atom. The minimum absolute atomic E-state index is 0.379. The first-order valence-corrected chi connectivity index (χ1v) is 9.01. The van der Waals surface area contributed by atoms with Crippen LogP contribution in [-0.2, 0) is 11.3 Å². The molecule has 5 nitrogen and oxygen atoms in total. The summed E-state index contributed by atoms with van der Waals surface area (Å²) in [5.74, 6) is 0.883. The zero-order valence-corrected chi connectivity index (χ0v) is 15.7. The molecule has 1 unspecified atom stereocenters. The van der Waals surface area contributed by atoms with Crippen molar-refractivity contribution < 1.29 is 4.74 Å². The third-order valence-electron chi connectivity index (χ3n) is 3.85. The molecule has 5 heteroatoms. The van der Waals surface area contributed by atoms with E-state index in [2.05, 4.69) is 66.8 Å². The number of nitrogens with zero attached hydrogens (tertiary/aromatic N) is 2. The number of rotatable bonds is 11. The SMILES string of the molecule is CCNC(=NCC(C)N(C)Cc1ccccc1)NCCCOCC. The second-order valence-electron chi connectivity index (χ2n) is 5.95. The fourth-order valence-electron chi connectivity index (χ4n) is 2.26. The van der Waals surface area contributed by atoms with Gasteiger partial charge in [-0.15, -0.1) is 0 Å². The average molecular weight is 335 g/mol. The van der Waals surface area contributed by atoms with Crippen LogP contribution in [0.5, 0.6) is 0 Å². The van der Waals surface area contributed by atoms with Crippen LogP contribution in [0.2, 0.25) is 0 Å². The molecule has 24 heavy (non-hydrogen) atoms. The van der Waals surface area contributed by atoms with E-state index >= 15 is 0 Å². The zero-order valence-electron chi connectivity index (χ0n) is 15.7. The second kappa shape index (κ2) is 12.8. The van der Waals surface area contributed by atoms with Gasteiger partial charge in [0.05, 0.1) is 6.54 Å². The first-order chi connectivity index (χ1) is 11.7. The number of nitrogens with one attached hydrogen (secondary N) is 2. The lowest BCUT2D eigenvalue weighted by molar-refractivity contribution is 0.145. The number of likely N-dealkylation sites (N-methyl/N-ethyl adjacent to an activating group) is 1. The van der Waals surface area contributed by atoms with Gasteiger partial charge in [0, 0.05) is 38.9 Å². The van der Waals surface area contributed by atoms with Crippen LogP contribution in [0.25, 0.3) is 0 Å². The normalized spacial score (nSPS) is 13.1. The summed E-state index contributed by atoms with van der Waals surface area (Å²) in [7, 11) is 2.15. The lowest BCUT2D eigenvalue weighted by Crippen LogP contribution is -2.39. The molecule has 136 valence electrons. The van der Waals surface area contributed by atoms with Gasteiger partial charge in [-0.25, -0.2) is 0 Å². The Hall–Kier alpha value is -1.59. The number of hydrogen-bond acceptors (Lipinski definition) is 3. The molecule has 0 spiro atoms. The Kier molecular flexibility index (Phi) is 10.9. The molecular weight excluding hydrogens is 300 g/mol. The minimum Gasteiger partial charge on any atom is -0.382 e. The molecule has 0 bridgehead atoms. The smallest absolute Gasteiger partial charge is 0.191 e. The van der Waals surface area contributed by atoms with E-state index in [0.29, 0.717) is 6.04 Å². The molecule has 1 rings (SSSR count). The predicted octanol–water partition coefficient (Wildman–Crippen LogP) is 2.49. The lowest BCUT2D eigenvalue weighted by Gasteiger charge is -2.24. The first-order valence-electron chi connectivity index (χ1n) is 9.01. The van der Waals surface area contributed by atoms with Crippen LogP contribution in [0.15, 0.2) is 35.3 Å². The highest BCUT2D eigenvalue weighted by Gasteiger charge is 2.09. The molecule has 0 aromatic heterocycles. The zero-order chi connectivity index (χ0) is 17.6. The van der Waals surface area contributed by atoms with Gasteiger partial charge in [-0.05, 0) is 39.8 Å². The molecule has 1 atom stereocenters. The molecule has 0 aliphatic heterocycles. The van der Waals surface area contributed by atoms with Crippen molar-refractivity contribution in [1.82, 2.24) is 15.5 Å². The molecule has 0 aliphatic rings. The van der Waals surface area contributed by atoms with E-state index in [1.807, 2.05) is 6.92 Å². The van der Waals surface area contributed by atoms with Crippen molar-refractivity contribution in [2.45, 2.75) is 39.8 Å². The molecule has 0 heterocycles. The van der Waals surface area contributed by atoms with Crippen LogP contribution >= 0.6 is 0 Å². The van der Waals surface area contributed by atoms with Crippen molar-refractivity contribution in [2.24, 2.45) is 4.99 Å². The Balaban J connectivity index is 2.39. The minimum atomic E-state index is 0.379. The van der Waals surface area contributed by atoms with Gasteiger partial charge < -0.3 is 15.4 Å². The van der Waals surface area contributed by atoms with Crippen molar-refractivity contribution in [1.29, 1.82) is 0 Å². The highest BCUT2D eigenvalue weighted by atomic mass is 16.5. The maximum atomic E-state index is 5.35. The molecule has 0 saturated heterocycles. The highest BCUT2D eigenvalue weighted by molar-refractivity contribution is 5.79. The lowest BCUT2D eigenvalue weighted by atomic mass is 10.2. The van der Waals surface area contributed by atoms with Crippen molar-refractivity contribution in [3.63, 3.8) is 0 Å². The van der Waals surface area contributed by atoms with Gasteiger partial charge in [0.15, 0.2) is 5.96 Å². The average Bonchev–Trinajstić information content (AvgIpc) is 2.59. The number of guanidine groups is 1. The highest BCUT2D eigenvalue weighted by Crippen LogP contribution is 2.06. The first kappa shape index (κ1) is 20.5. The van der Waals surface area contributed by atoms with E-state index in [-0.39, 0.29) is 0 Å². The van der Waals surface area contributed by atoms with E-state index in [4.69, 9.17) is 9.73 Å². The fourth-order valence-corrected chi connectivity index (χ4v) is 2.26. The summed E-state index contributed by atoms with van der Waals surface area (Å²) in [5.41, 5.74) is 1.33. The van der Waals surface area contributed by atoms with E-state index in [0.717, 1.165) is 51.8 Å². The maximum Gasteiger partial charge on any atom is 0.191 e. The van der Waals surface area contributed by atoms with E-state index in [9.17, 15) is 0 Å². The van der Waals surface area contributed by atoms with Crippen molar-refractivity contribution in [3.8, 4) is 0 Å². The summed E-state index contributed by atoms with van der Waals surface area (Å²) in [6, 6.07) is 10.9. The molecule has 1 aromatic rings. The van der Waals surface area contributed by atoms with Crippen molar-refractivity contribution in [2.75, 3.05) is 39.9 Å². The van der Waals surface area contributed by atoms with Crippen molar-refractivity contribution >= 4 is 5.96 Å². The van der Waals surface area contributed by atoms with E-state index in [1.54, 1.807) is 0 Å². The van der Waals surface area contributed by atoms with Crippen LogP contribution < -0.4 is 10.6 Å². The Bertz CT molecular complexity index is 450. The number of aliphatic imine (C=N–C) groups is 1. The summed E-state index contributed by atoms with van der Waals surface area (Å²) in [6.07, 6.45) is 0.988. The van der Waals surface area contributed by atoms with Gasteiger partial charge in [-0.2, -0.15) is 0 Å². The quantitative estimate of drug-likeness (QED) is 0.371. The number of benzene rings is 1. The van der Waals surface area contributed by atoms with Crippen molar-refractivity contribution in [3.05, 3.63) is 35.9 Å². The standard InChI is InChI=1S/C19H34N4O/c1-5-20-19(21-13-10-14-24-6-2)22-15-17(3)23(4)16-18-11-8-7-9-12-18/h7-9,11-12,17H,5-6,10,13-16H2,1-4H3,(H2,20,21,22). The molecule has 1 aromatic carbocycles. The van der Waals surface area contributed by atoms with Crippen LogP contribution in [0.3, 0.4) is 0 Å². The number of ether oxygens (including phenoxy) is 1. The van der Waals surface area contributed by atoms with Gasteiger partial charge in [-0.3, -0.25) is 9.89 Å². The third kappa shape index (κ3) is 8.89. The molecule has 0 fully saturated rings. The molecule has 0 saturated carbocycles. The van der Waals surface area contributed by atoms with Gasteiger partial charge in [0.1, 0.15) is 0 Å². The summed E-state index contributed by atoms with van der Waals surface area (Å²) in [6.45, 7) is 11.3. The topological polar surface area (TPSA) is 48.9 Å². The molecule has 0 aliphatic carbocycles. The maximum absolute atomic E-state index is 5.35. The predicted molar refractivity (Wildman–Crippen MR) is 102 cm³/mol.